The van der Waals surface area contributed by atoms with Crippen LogP contribution in [0.5, 0.6) is 0 Å². The number of thiophene rings is 1. The van der Waals surface area contributed by atoms with Crippen LogP contribution in [-0.4, -0.2) is 38.9 Å². The molecule has 2 heterocycles. The lowest BCUT2D eigenvalue weighted by Gasteiger charge is -2.25. The third kappa shape index (κ3) is 5.38. The summed E-state index contributed by atoms with van der Waals surface area (Å²) in [6.45, 7) is 5.73. The van der Waals surface area contributed by atoms with E-state index in [1.54, 1.807) is 23.1 Å². The van der Waals surface area contributed by atoms with Gasteiger partial charge in [0.15, 0.2) is 0 Å². The first-order valence-corrected chi connectivity index (χ1v) is 12.1. The molecule has 0 fully saturated rings. The van der Waals surface area contributed by atoms with E-state index in [0.717, 1.165) is 16.8 Å². The first-order chi connectivity index (χ1) is 16.3. The van der Waals surface area contributed by atoms with Crippen molar-refractivity contribution >= 4 is 40.7 Å². The van der Waals surface area contributed by atoms with Crippen molar-refractivity contribution in [1.82, 2.24) is 14.5 Å². The molecule has 0 saturated heterocycles. The molecule has 0 radical (unpaired) electrons. The molecule has 0 saturated carbocycles. The maximum atomic E-state index is 13.1. The highest BCUT2D eigenvalue weighted by Crippen LogP contribution is 2.26. The Labute approximate surface area is 207 Å². The van der Waals surface area contributed by atoms with Crippen molar-refractivity contribution in [2.45, 2.75) is 26.8 Å². The third-order valence-corrected chi connectivity index (χ3v) is 6.45. The Morgan fingerprint density at radius 1 is 1.09 bits per heavy atom. The summed E-state index contributed by atoms with van der Waals surface area (Å²) in [5, 5.41) is 5.40. The molecular weight excluding hydrogens is 468 g/mol. The number of rotatable bonds is 7. The van der Waals surface area contributed by atoms with Crippen molar-refractivity contribution in [3.8, 4) is 16.9 Å². The molecule has 0 unspecified atom stereocenters. The van der Waals surface area contributed by atoms with Crippen molar-refractivity contribution in [1.29, 1.82) is 0 Å². The molecule has 34 heavy (non-hydrogen) atoms. The van der Waals surface area contributed by atoms with Gasteiger partial charge in [-0.25, -0.2) is 4.98 Å². The van der Waals surface area contributed by atoms with Crippen LogP contribution in [0.2, 0.25) is 5.02 Å². The molecule has 8 heteroatoms. The second kappa shape index (κ2) is 10.2. The number of anilines is 1. The second-order valence-corrected chi connectivity index (χ2v) is 9.60. The Bertz CT molecular complexity index is 1280. The summed E-state index contributed by atoms with van der Waals surface area (Å²) < 4.78 is 1.84. The van der Waals surface area contributed by atoms with Gasteiger partial charge in [-0.05, 0) is 56.5 Å². The molecule has 0 atom stereocenters. The van der Waals surface area contributed by atoms with Crippen molar-refractivity contribution in [2.75, 3.05) is 11.9 Å². The van der Waals surface area contributed by atoms with E-state index >= 15 is 0 Å². The fourth-order valence-corrected chi connectivity index (χ4v) is 4.28. The number of hydrogen-bond acceptors (Lipinski definition) is 4. The predicted molar refractivity (Wildman–Crippen MR) is 138 cm³/mol. The van der Waals surface area contributed by atoms with Gasteiger partial charge >= 0.3 is 0 Å². The molecule has 2 aromatic carbocycles. The molecule has 2 amide bonds. The highest BCUT2D eigenvalue weighted by molar-refractivity contribution is 7.12. The quantitative estimate of drug-likeness (QED) is 0.341. The number of carbonyl (C=O) groups is 2. The fraction of sp³-hybridized carbons (Fsp3) is 0.192. The maximum Gasteiger partial charge on any atom is 0.264 e. The lowest BCUT2D eigenvalue weighted by molar-refractivity contribution is -0.117. The van der Waals surface area contributed by atoms with Gasteiger partial charge < -0.3 is 4.90 Å². The number of hydrogen-bond donors (Lipinski definition) is 1. The van der Waals surface area contributed by atoms with Crippen LogP contribution in [0.25, 0.3) is 16.9 Å². The molecule has 1 N–H and O–H groups in total. The number of carbonyl (C=O) groups excluding carboxylic acids is 2. The lowest BCUT2D eigenvalue weighted by atomic mass is 10.2. The van der Waals surface area contributed by atoms with E-state index in [1.165, 1.54) is 11.3 Å². The average Bonchev–Trinajstić information content (AvgIpc) is 3.49. The Hall–Kier alpha value is -3.42. The SMILES string of the molecule is Cc1ccc(-n2cc(-c3ccc(Cl)cc3)nc2NC(=O)CN(C(=O)c2cccs2)C(C)C)cc1. The van der Waals surface area contributed by atoms with E-state index in [-0.39, 0.29) is 24.4 Å². The summed E-state index contributed by atoms with van der Waals surface area (Å²) in [6.07, 6.45) is 1.88. The first kappa shape index (κ1) is 23.7. The zero-order valence-corrected chi connectivity index (χ0v) is 20.7. The van der Waals surface area contributed by atoms with E-state index in [0.29, 0.717) is 21.5 Å². The number of aromatic nitrogens is 2. The van der Waals surface area contributed by atoms with Gasteiger partial charge in [-0.3, -0.25) is 19.5 Å². The van der Waals surface area contributed by atoms with E-state index in [2.05, 4.69) is 10.3 Å². The van der Waals surface area contributed by atoms with E-state index in [9.17, 15) is 9.59 Å². The Morgan fingerprint density at radius 3 is 2.41 bits per heavy atom. The molecule has 174 valence electrons. The summed E-state index contributed by atoms with van der Waals surface area (Å²) in [4.78, 5) is 32.8. The Balaban J connectivity index is 1.62. The largest absolute Gasteiger partial charge is 0.326 e. The van der Waals surface area contributed by atoms with Crippen LogP contribution in [0, 0.1) is 6.92 Å². The average molecular weight is 493 g/mol. The summed E-state index contributed by atoms with van der Waals surface area (Å²) in [7, 11) is 0. The minimum absolute atomic E-state index is 0.0779. The van der Waals surface area contributed by atoms with Gasteiger partial charge in [-0.1, -0.05) is 47.5 Å². The minimum Gasteiger partial charge on any atom is -0.326 e. The van der Waals surface area contributed by atoms with E-state index in [1.807, 2.05) is 79.4 Å². The molecule has 4 aromatic rings. The third-order valence-electron chi connectivity index (χ3n) is 5.34. The first-order valence-electron chi connectivity index (χ1n) is 10.9. The highest BCUT2D eigenvalue weighted by Gasteiger charge is 2.23. The van der Waals surface area contributed by atoms with Crippen molar-refractivity contribution in [3.05, 3.63) is 87.7 Å². The predicted octanol–water partition coefficient (Wildman–Crippen LogP) is 6.05. The van der Waals surface area contributed by atoms with Gasteiger partial charge in [-0.2, -0.15) is 0 Å². The van der Waals surface area contributed by atoms with Crippen LogP contribution < -0.4 is 5.32 Å². The van der Waals surface area contributed by atoms with Crippen LogP contribution >= 0.6 is 22.9 Å². The van der Waals surface area contributed by atoms with Gasteiger partial charge in [-0.15, -0.1) is 11.3 Å². The molecule has 4 rings (SSSR count). The smallest absolute Gasteiger partial charge is 0.264 e. The van der Waals surface area contributed by atoms with Gasteiger partial charge in [0.25, 0.3) is 5.91 Å². The normalized spacial score (nSPS) is 11.0. The molecule has 2 aromatic heterocycles. The van der Waals surface area contributed by atoms with E-state index in [4.69, 9.17) is 11.6 Å². The lowest BCUT2D eigenvalue weighted by Crippen LogP contribution is -2.42. The summed E-state index contributed by atoms with van der Waals surface area (Å²) in [6, 6.07) is 18.8. The van der Waals surface area contributed by atoms with Crippen LogP contribution in [-0.2, 0) is 4.79 Å². The number of nitrogens with zero attached hydrogens (tertiary/aromatic N) is 3. The van der Waals surface area contributed by atoms with Crippen LogP contribution in [0.4, 0.5) is 5.95 Å². The molecule has 0 aliphatic heterocycles. The van der Waals surface area contributed by atoms with Crippen molar-refractivity contribution < 1.29 is 9.59 Å². The van der Waals surface area contributed by atoms with E-state index < -0.39 is 0 Å². The Morgan fingerprint density at radius 2 is 1.79 bits per heavy atom. The number of nitrogens with one attached hydrogen (secondary N) is 1. The number of imidazole rings is 1. The number of aryl methyl sites for hydroxylation is 1. The number of benzene rings is 2. The van der Waals surface area contributed by atoms with Crippen molar-refractivity contribution in [3.63, 3.8) is 0 Å². The zero-order valence-electron chi connectivity index (χ0n) is 19.2. The molecule has 0 aliphatic carbocycles. The maximum absolute atomic E-state index is 13.1. The summed E-state index contributed by atoms with van der Waals surface area (Å²) in [5.74, 6) is -0.102. The van der Waals surface area contributed by atoms with Crippen LogP contribution in [0.15, 0.2) is 72.2 Å². The molecule has 0 aliphatic rings. The van der Waals surface area contributed by atoms with Gasteiger partial charge in [0.2, 0.25) is 11.9 Å². The van der Waals surface area contributed by atoms with Gasteiger partial charge in [0, 0.05) is 28.5 Å². The molecule has 0 spiro atoms. The summed E-state index contributed by atoms with van der Waals surface area (Å²) in [5.41, 5.74) is 3.57. The minimum atomic E-state index is -0.319. The van der Waals surface area contributed by atoms with Crippen LogP contribution in [0.3, 0.4) is 0 Å². The topological polar surface area (TPSA) is 67.2 Å². The molecular formula is C26H25ClN4O2S. The molecule has 6 nitrogen and oxygen atoms in total. The van der Waals surface area contributed by atoms with Crippen LogP contribution in [0.1, 0.15) is 29.1 Å². The second-order valence-electron chi connectivity index (χ2n) is 8.21. The standard InChI is InChI=1S/C26H25ClN4O2S/c1-17(2)30(25(33)23-5-4-14-34-23)16-24(32)29-26-28-22(19-8-10-20(27)11-9-19)15-31(26)21-12-6-18(3)7-13-21/h4-15,17H,16H2,1-3H3,(H,28,29,32). The summed E-state index contributed by atoms with van der Waals surface area (Å²) >= 11 is 7.40. The van der Waals surface area contributed by atoms with Crippen molar-refractivity contribution in [2.24, 2.45) is 0 Å². The van der Waals surface area contributed by atoms with Gasteiger partial charge in [0.05, 0.1) is 10.6 Å². The zero-order chi connectivity index (χ0) is 24.2. The highest BCUT2D eigenvalue weighted by atomic mass is 35.5. The number of halogens is 1. The monoisotopic (exact) mass is 492 g/mol. The Kier molecular flexibility index (Phi) is 7.14. The number of amides is 2. The fourth-order valence-electron chi connectivity index (χ4n) is 3.48. The van der Waals surface area contributed by atoms with Gasteiger partial charge in [0.1, 0.15) is 6.54 Å². The molecule has 0 bridgehead atoms.